The van der Waals surface area contributed by atoms with Gasteiger partial charge in [-0.3, -0.25) is 0 Å². The summed E-state index contributed by atoms with van der Waals surface area (Å²) in [5, 5.41) is 11.4. The first-order chi connectivity index (χ1) is 15.8. The molecule has 0 radical (unpaired) electrons. The summed E-state index contributed by atoms with van der Waals surface area (Å²) in [4.78, 5) is 6.84. The zero-order valence-electron chi connectivity index (χ0n) is 17.5. The lowest BCUT2D eigenvalue weighted by atomic mass is 9.88. The van der Waals surface area contributed by atoms with Crippen molar-refractivity contribution in [2.75, 3.05) is 7.11 Å². The summed E-state index contributed by atoms with van der Waals surface area (Å²) >= 11 is 0. The monoisotopic (exact) mass is 419 g/mol. The van der Waals surface area contributed by atoms with Crippen LogP contribution in [0.5, 0.6) is 5.75 Å². The first kappa shape index (κ1) is 18.4. The fourth-order valence-corrected chi connectivity index (χ4v) is 4.50. The van der Waals surface area contributed by atoms with E-state index in [-0.39, 0.29) is 5.92 Å². The molecule has 0 saturated carbocycles. The molecule has 0 aliphatic heterocycles. The molecule has 6 rings (SSSR count). The summed E-state index contributed by atoms with van der Waals surface area (Å²) in [6.07, 6.45) is 6.16. The second-order valence-corrected chi connectivity index (χ2v) is 7.77. The molecule has 0 atom stereocenters. The number of methoxy groups -OCH3 is 1. The van der Waals surface area contributed by atoms with Gasteiger partial charge in [0.2, 0.25) is 0 Å². The van der Waals surface area contributed by atoms with Crippen molar-refractivity contribution in [1.82, 2.24) is 25.0 Å². The van der Waals surface area contributed by atoms with E-state index in [1.165, 1.54) is 10.8 Å². The summed E-state index contributed by atoms with van der Waals surface area (Å²) in [6.45, 7) is 0. The Kier molecular flexibility index (Phi) is 4.28. The average Bonchev–Trinajstić information content (AvgIpc) is 3.59. The van der Waals surface area contributed by atoms with Gasteiger partial charge in [-0.2, -0.15) is 0 Å². The molecule has 6 aromatic rings. The molecular weight excluding hydrogens is 398 g/mol. The number of aromatic nitrogens is 5. The van der Waals surface area contributed by atoms with E-state index in [0.717, 1.165) is 39.3 Å². The fraction of sp³-hybridized carbons (Fsp3) is 0.0769. The predicted molar refractivity (Wildman–Crippen MR) is 125 cm³/mol. The fourth-order valence-electron chi connectivity index (χ4n) is 4.50. The van der Waals surface area contributed by atoms with Gasteiger partial charge in [0.05, 0.1) is 24.9 Å². The van der Waals surface area contributed by atoms with E-state index in [0.29, 0.717) is 0 Å². The van der Waals surface area contributed by atoms with Gasteiger partial charge in [0.25, 0.3) is 0 Å². The molecule has 3 aromatic heterocycles. The van der Waals surface area contributed by atoms with Crippen LogP contribution < -0.4 is 4.74 Å². The summed E-state index contributed by atoms with van der Waals surface area (Å²) in [5.74, 6) is 0.658. The number of para-hydroxylation sites is 4. The van der Waals surface area contributed by atoms with Gasteiger partial charge in [0.15, 0.2) is 0 Å². The zero-order valence-corrected chi connectivity index (χ0v) is 17.5. The van der Waals surface area contributed by atoms with E-state index in [1.54, 1.807) is 11.8 Å². The topological polar surface area (TPSA) is 71.5 Å². The van der Waals surface area contributed by atoms with Gasteiger partial charge in [0, 0.05) is 34.2 Å². The van der Waals surface area contributed by atoms with E-state index in [2.05, 4.69) is 69.1 Å². The highest BCUT2D eigenvalue weighted by Crippen LogP contribution is 2.38. The van der Waals surface area contributed by atoms with Crippen molar-refractivity contribution in [3.8, 4) is 11.4 Å². The van der Waals surface area contributed by atoms with Crippen LogP contribution in [-0.2, 0) is 0 Å². The number of benzene rings is 3. The number of H-pyrrole nitrogens is 2. The highest BCUT2D eigenvalue weighted by Gasteiger charge is 2.26. The Morgan fingerprint density at radius 1 is 0.781 bits per heavy atom. The van der Waals surface area contributed by atoms with Gasteiger partial charge < -0.3 is 14.7 Å². The van der Waals surface area contributed by atoms with Crippen molar-refractivity contribution in [2.24, 2.45) is 0 Å². The lowest BCUT2D eigenvalue weighted by molar-refractivity contribution is 0.411. The molecule has 3 aromatic carbocycles. The molecule has 6 heteroatoms. The molecule has 0 saturated heterocycles. The lowest BCUT2D eigenvalue weighted by Gasteiger charge is -2.14. The van der Waals surface area contributed by atoms with Crippen LogP contribution in [0.1, 0.15) is 22.7 Å². The molecule has 0 aliphatic carbocycles. The number of fused-ring (bicyclic) bond motifs is 2. The van der Waals surface area contributed by atoms with E-state index in [4.69, 9.17) is 4.74 Å². The molecule has 3 heterocycles. The van der Waals surface area contributed by atoms with Gasteiger partial charge >= 0.3 is 0 Å². The normalized spacial score (nSPS) is 11.6. The Morgan fingerprint density at radius 3 is 2.03 bits per heavy atom. The number of ether oxygens (including phenoxy) is 1. The molecule has 0 aliphatic rings. The predicted octanol–water partition coefficient (Wildman–Crippen LogP) is 5.42. The Hall–Kier alpha value is -4.32. The summed E-state index contributed by atoms with van der Waals surface area (Å²) in [7, 11) is 1.66. The minimum absolute atomic E-state index is 0.0919. The maximum absolute atomic E-state index is 5.53. The molecule has 32 heavy (non-hydrogen) atoms. The van der Waals surface area contributed by atoms with Crippen LogP contribution in [0.15, 0.2) is 91.4 Å². The Balaban J connectivity index is 1.56. The third kappa shape index (κ3) is 2.88. The third-order valence-electron chi connectivity index (χ3n) is 6.00. The van der Waals surface area contributed by atoms with Crippen molar-refractivity contribution in [3.63, 3.8) is 0 Å². The van der Waals surface area contributed by atoms with Gasteiger partial charge in [-0.25, -0.2) is 4.68 Å². The van der Waals surface area contributed by atoms with Crippen molar-refractivity contribution in [2.45, 2.75) is 5.92 Å². The third-order valence-corrected chi connectivity index (χ3v) is 6.00. The number of hydrogen-bond acceptors (Lipinski definition) is 3. The number of hydrogen-bond donors (Lipinski definition) is 2. The van der Waals surface area contributed by atoms with Crippen LogP contribution >= 0.6 is 0 Å². The van der Waals surface area contributed by atoms with E-state index >= 15 is 0 Å². The van der Waals surface area contributed by atoms with E-state index in [1.807, 2.05) is 42.6 Å². The molecule has 0 spiro atoms. The van der Waals surface area contributed by atoms with Crippen LogP contribution in [0.2, 0.25) is 0 Å². The molecule has 0 amide bonds. The lowest BCUT2D eigenvalue weighted by Crippen LogP contribution is -2.03. The number of nitrogens with one attached hydrogen (secondary N) is 2. The summed E-state index contributed by atoms with van der Waals surface area (Å²) < 4.78 is 7.31. The quantitative estimate of drug-likeness (QED) is 0.392. The second-order valence-electron chi connectivity index (χ2n) is 7.77. The largest absolute Gasteiger partial charge is 0.494 e. The van der Waals surface area contributed by atoms with Gasteiger partial charge in [-0.05, 0) is 35.4 Å². The van der Waals surface area contributed by atoms with Crippen LogP contribution in [0.4, 0.5) is 0 Å². The van der Waals surface area contributed by atoms with Crippen molar-refractivity contribution < 1.29 is 4.74 Å². The van der Waals surface area contributed by atoms with Gasteiger partial charge in [0.1, 0.15) is 11.4 Å². The van der Waals surface area contributed by atoms with Crippen LogP contribution in [-0.4, -0.2) is 32.1 Å². The average molecular weight is 419 g/mol. The highest BCUT2D eigenvalue weighted by molar-refractivity contribution is 5.88. The number of rotatable bonds is 5. The Morgan fingerprint density at radius 2 is 1.38 bits per heavy atom. The van der Waals surface area contributed by atoms with Crippen molar-refractivity contribution >= 4 is 21.8 Å². The van der Waals surface area contributed by atoms with Gasteiger partial charge in [-0.15, -0.1) is 5.10 Å². The van der Waals surface area contributed by atoms with E-state index < -0.39 is 0 Å². The van der Waals surface area contributed by atoms with E-state index in [9.17, 15) is 0 Å². The minimum Gasteiger partial charge on any atom is -0.494 e. The molecular formula is C26H21N5O. The molecule has 2 N–H and O–H groups in total. The minimum atomic E-state index is -0.0919. The van der Waals surface area contributed by atoms with Crippen molar-refractivity contribution in [3.05, 3.63) is 108 Å². The second kappa shape index (κ2) is 7.42. The Labute approximate surface area is 184 Å². The maximum atomic E-state index is 5.53. The van der Waals surface area contributed by atoms with Crippen LogP contribution in [0, 0.1) is 0 Å². The number of aromatic amines is 2. The molecule has 6 nitrogen and oxygen atoms in total. The van der Waals surface area contributed by atoms with Crippen molar-refractivity contribution in [1.29, 1.82) is 0 Å². The molecule has 0 bridgehead atoms. The number of nitrogens with zero attached hydrogens (tertiary/aromatic N) is 3. The van der Waals surface area contributed by atoms with Crippen LogP contribution in [0.25, 0.3) is 27.5 Å². The molecule has 156 valence electrons. The Bertz CT molecular complexity index is 1470. The molecule has 0 unspecified atom stereocenters. The first-order valence-corrected chi connectivity index (χ1v) is 10.5. The summed E-state index contributed by atoms with van der Waals surface area (Å²) in [5.41, 5.74) is 6.25. The molecule has 0 fully saturated rings. The maximum Gasteiger partial charge on any atom is 0.144 e. The standard InChI is InChI=1S/C26H21N5O/c1-32-25-13-7-6-12-24(25)31-16-23(29-30-31)26(19-14-27-21-10-4-2-8-17(19)21)20-15-28-22-11-5-3-9-18(20)22/h2-16,26-28H,1H3. The zero-order chi connectivity index (χ0) is 21.5. The summed E-state index contributed by atoms with van der Waals surface area (Å²) in [6, 6.07) is 24.5. The smallest absolute Gasteiger partial charge is 0.144 e. The SMILES string of the molecule is COc1ccccc1-n1cc(C(c2c[nH]c3ccccc23)c2c[nH]c3ccccc23)nn1. The first-order valence-electron chi connectivity index (χ1n) is 10.5. The van der Waals surface area contributed by atoms with Crippen LogP contribution in [0.3, 0.4) is 0 Å². The van der Waals surface area contributed by atoms with Gasteiger partial charge in [-0.1, -0.05) is 53.7 Å². The highest BCUT2D eigenvalue weighted by atomic mass is 16.5.